The molecular formula is C16H27ClN2O2. The second-order valence-corrected chi connectivity index (χ2v) is 5.45. The number of nitrogens with one attached hydrogen (secondary N) is 1. The Kier molecular flexibility index (Phi) is 9.84. The number of hydrogen-bond acceptors (Lipinski definition) is 3. The van der Waals surface area contributed by atoms with Crippen LogP contribution in [-0.2, 0) is 4.79 Å². The van der Waals surface area contributed by atoms with Crippen LogP contribution in [0, 0.1) is 12.8 Å². The molecule has 0 aliphatic heterocycles. The maximum atomic E-state index is 11.7. The van der Waals surface area contributed by atoms with Crippen LogP contribution in [0.25, 0.3) is 0 Å². The predicted octanol–water partition coefficient (Wildman–Crippen LogP) is 3.52. The molecule has 0 unspecified atom stereocenters. The molecule has 1 rings (SSSR count). The van der Waals surface area contributed by atoms with Gasteiger partial charge in [-0.1, -0.05) is 19.9 Å². The first-order valence-corrected chi connectivity index (χ1v) is 7.26. The SMILES string of the molecule is Cc1ccc(NC(=O)CCCN)cc1OCCC(C)C.Cl. The minimum atomic E-state index is -0.00701. The van der Waals surface area contributed by atoms with Crippen molar-refractivity contribution in [3.63, 3.8) is 0 Å². The number of amides is 1. The van der Waals surface area contributed by atoms with Crippen molar-refractivity contribution >= 4 is 24.0 Å². The summed E-state index contributed by atoms with van der Waals surface area (Å²) < 4.78 is 5.78. The molecule has 0 aliphatic carbocycles. The first kappa shape index (κ1) is 19.7. The van der Waals surface area contributed by atoms with Crippen molar-refractivity contribution < 1.29 is 9.53 Å². The Morgan fingerprint density at radius 1 is 1.38 bits per heavy atom. The molecule has 0 atom stereocenters. The zero-order chi connectivity index (χ0) is 15.0. The lowest BCUT2D eigenvalue weighted by molar-refractivity contribution is -0.116. The molecule has 1 aromatic carbocycles. The molecule has 1 aromatic rings. The molecule has 4 nitrogen and oxygen atoms in total. The zero-order valence-corrected chi connectivity index (χ0v) is 14.0. The summed E-state index contributed by atoms with van der Waals surface area (Å²) in [5.41, 5.74) is 7.25. The van der Waals surface area contributed by atoms with Crippen LogP contribution < -0.4 is 15.8 Å². The molecular weight excluding hydrogens is 288 g/mol. The minimum Gasteiger partial charge on any atom is -0.493 e. The normalized spacial score (nSPS) is 10.1. The summed E-state index contributed by atoms with van der Waals surface area (Å²) in [6.07, 6.45) is 2.18. The van der Waals surface area contributed by atoms with E-state index in [0.29, 0.717) is 31.9 Å². The van der Waals surface area contributed by atoms with Crippen molar-refractivity contribution in [3.8, 4) is 5.75 Å². The van der Waals surface area contributed by atoms with Gasteiger partial charge in [-0.25, -0.2) is 0 Å². The Labute approximate surface area is 133 Å². The lowest BCUT2D eigenvalue weighted by atomic mass is 10.1. The number of rotatable bonds is 8. The van der Waals surface area contributed by atoms with Gasteiger partial charge in [0.05, 0.1) is 6.61 Å². The highest BCUT2D eigenvalue weighted by Gasteiger charge is 2.06. The third-order valence-corrected chi connectivity index (χ3v) is 3.03. The van der Waals surface area contributed by atoms with Gasteiger partial charge in [-0.05, 0) is 43.9 Å². The van der Waals surface area contributed by atoms with Gasteiger partial charge in [-0.2, -0.15) is 0 Å². The molecule has 0 aliphatic rings. The van der Waals surface area contributed by atoms with Gasteiger partial charge in [-0.3, -0.25) is 4.79 Å². The fraction of sp³-hybridized carbons (Fsp3) is 0.562. The van der Waals surface area contributed by atoms with E-state index in [1.54, 1.807) is 0 Å². The summed E-state index contributed by atoms with van der Waals surface area (Å²) in [5, 5.41) is 2.87. The van der Waals surface area contributed by atoms with Crippen molar-refractivity contribution in [1.82, 2.24) is 0 Å². The molecule has 21 heavy (non-hydrogen) atoms. The standard InChI is InChI=1S/C16H26N2O2.ClH/c1-12(2)8-10-20-15-11-14(7-6-13(15)3)18-16(19)5-4-9-17;/h6-7,11-12H,4-5,8-10,17H2,1-3H3,(H,18,19);1H. The van der Waals surface area contributed by atoms with E-state index in [9.17, 15) is 4.79 Å². The average Bonchev–Trinajstić information content (AvgIpc) is 2.39. The largest absolute Gasteiger partial charge is 0.493 e. The number of carbonyl (C=O) groups excluding carboxylic acids is 1. The van der Waals surface area contributed by atoms with Crippen LogP contribution in [0.4, 0.5) is 5.69 Å². The van der Waals surface area contributed by atoms with Crippen molar-refractivity contribution in [2.45, 2.75) is 40.0 Å². The Balaban J connectivity index is 0.00000400. The van der Waals surface area contributed by atoms with Crippen molar-refractivity contribution in [3.05, 3.63) is 23.8 Å². The van der Waals surface area contributed by atoms with Gasteiger partial charge in [-0.15, -0.1) is 12.4 Å². The molecule has 120 valence electrons. The Morgan fingerprint density at radius 2 is 2.10 bits per heavy atom. The second-order valence-electron chi connectivity index (χ2n) is 5.45. The first-order valence-electron chi connectivity index (χ1n) is 7.26. The summed E-state index contributed by atoms with van der Waals surface area (Å²) in [4.78, 5) is 11.7. The molecule has 0 saturated heterocycles. The highest BCUT2D eigenvalue weighted by molar-refractivity contribution is 5.90. The Hall–Kier alpha value is -1.26. The molecule has 0 bridgehead atoms. The Morgan fingerprint density at radius 3 is 2.71 bits per heavy atom. The monoisotopic (exact) mass is 314 g/mol. The summed E-state index contributed by atoms with van der Waals surface area (Å²) in [7, 11) is 0. The lowest BCUT2D eigenvalue weighted by Gasteiger charge is -2.12. The van der Waals surface area contributed by atoms with Crippen molar-refractivity contribution in [2.75, 3.05) is 18.5 Å². The van der Waals surface area contributed by atoms with Crippen molar-refractivity contribution in [2.24, 2.45) is 11.7 Å². The molecule has 1 amide bonds. The maximum Gasteiger partial charge on any atom is 0.224 e. The molecule has 0 fully saturated rings. The molecule has 3 N–H and O–H groups in total. The van der Waals surface area contributed by atoms with Gasteiger partial charge < -0.3 is 15.8 Å². The molecule has 0 heterocycles. The van der Waals surface area contributed by atoms with E-state index in [1.807, 2.05) is 25.1 Å². The zero-order valence-electron chi connectivity index (χ0n) is 13.1. The number of carbonyl (C=O) groups is 1. The second kappa shape index (κ2) is 10.5. The van der Waals surface area contributed by atoms with Gasteiger partial charge in [0.1, 0.15) is 5.75 Å². The number of nitrogens with two attached hydrogens (primary N) is 1. The van der Waals surface area contributed by atoms with Crippen LogP contribution in [0.15, 0.2) is 18.2 Å². The topological polar surface area (TPSA) is 64.4 Å². The summed E-state index contributed by atoms with van der Waals surface area (Å²) in [5.74, 6) is 1.45. The van der Waals surface area contributed by atoms with Crippen LogP contribution >= 0.6 is 12.4 Å². The minimum absolute atomic E-state index is 0. The average molecular weight is 315 g/mol. The van der Waals surface area contributed by atoms with E-state index in [0.717, 1.165) is 23.4 Å². The number of ether oxygens (including phenoxy) is 1. The first-order chi connectivity index (χ1) is 9.52. The molecule has 5 heteroatoms. The lowest BCUT2D eigenvalue weighted by Crippen LogP contribution is -2.13. The van der Waals surface area contributed by atoms with Crippen LogP contribution in [0.2, 0.25) is 0 Å². The molecule has 0 saturated carbocycles. The van der Waals surface area contributed by atoms with Gasteiger partial charge in [0.25, 0.3) is 0 Å². The summed E-state index contributed by atoms with van der Waals surface area (Å²) in [6.45, 7) is 7.58. The van der Waals surface area contributed by atoms with Crippen molar-refractivity contribution in [1.29, 1.82) is 0 Å². The highest BCUT2D eigenvalue weighted by atomic mass is 35.5. The fourth-order valence-corrected chi connectivity index (χ4v) is 1.72. The number of hydrogen-bond donors (Lipinski definition) is 2. The van der Waals surface area contributed by atoms with E-state index in [2.05, 4.69) is 19.2 Å². The third-order valence-electron chi connectivity index (χ3n) is 3.03. The molecule has 0 aromatic heterocycles. The molecule has 0 radical (unpaired) electrons. The number of aryl methyl sites for hydroxylation is 1. The maximum absolute atomic E-state index is 11.7. The van der Waals surface area contributed by atoms with E-state index in [1.165, 1.54) is 0 Å². The number of halogens is 1. The van der Waals surface area contributed by atoms with Crippen LogP contribution in [-0.4, -0.2) is 19.1 Å². The quantitative estimate of drug-likeness (QED) is 0.771. The third kappa shape index (κ3) is 7.93. The van der Waals surface area contributed by atoms with Gasteiger partial charge in [0, 0.05) is 18.2 Å². The van der Waals surface area contributed by atoms with Gasteiger partial charge in [0.15, 0.2) is 0 Å². The van der Waals surface area contributed by atoms with Crippen LogP contribution in [0.1, 0.15) is 38.7 Å². The Bertz CT molecular complexity index is 436. The van der Waals surface area contributed by atoms with Crippen LogP contribution in [0.5, 0.6) is 5.75 Å². The summed E-state index contributed by atoms with van der Waals surface area (Å²) >= 11 is 0. The molecule has 0 spiro atoms. The van der Waals surface area contributed by atoms with E-state index >= 15 is 0 Å². The fourth-order valence-electron chi connectivity index (χ4n) is 1.72. The van der Waals surface area contributed by atoms with Crippen LogP contribution in [0.3, 0.4) is 0 Å². The van der Waals surface area contributed by atoms with Gasteiger partial charge in [0.2, 0.25) is 5.91 Å². The number of benzene rings is 1. The predicted molar refractivity (Wildman–Crippen MR) is 90.3 cm³/mol. The van der Waals surface area contributed by atoms with E-state index in [-0.39, 0.29) is 18.3 Å². The number of anilines is 1. The van der Waals surface area contributed by atoms with Gasteiger partial charge >= 0.3 is 0 Å². The van der Waals surface area contributed by atoms with E-state index in [4.69, 9.17) is 10.5 Å². The van der Waals surface area contributed by atoms with E-state index < -0.39 is 0 Å². The smallest absolute Gasteiger partial charge is 0.224 e. The summed E-state index contributed by atoms with van der Waals surface area (Å²) in [6, 6.07) is 5.74. The highest BCUT2D eigenvalue weighted by Crippen LogP contribution is 2.23.